The number of benzene rings is 1. The molecule has 1 unspecified atom stereocenters. The van der Waals surface area contributed by atoms with Crippen LogP contribution in [-0.4, -0.2) is 9.78 Å². The van der Waals surface area contributed by atoms with Crippen molar-refractivity contribution < 1.29 is 0 Å². The minimum Gasteiger partial charge on any atom is -0.319 e. The molecule has 0 spiro atoms. The van der Waals surface area contributed by atoms with E-state index in [4.69, 9.17) is 17.3 Å². The Bertz CT molecular complexity index is 447. The van der Waals surface area contributed by atoms with Gasteiger partial charge in [0, 0.05) is 18.3 Å². The molecule has 1 aromatic carbocycles. The van der Waals surface area contributed by atoms with Crippen LogP contribution in [0.5, 0.6) is 0 Å². The van der Waals surface area contributed by atoms with Crippen molar-refractivity contribution in [3.8, 4) is 0 Å². The van der Waals surface area contributed by atoms with Crippen LogP contribution in [0.25, 0.3) is 0 Å². The van der Waals surface area contributed by atoms with Crippen molar-refractivity contribution in [1.29, 1.82) is 0 Å². The zero-order chi connectivity index (χ0) is 10.8. The number of hydrogen-bond donors (Lipinski definition) is 1. The van der Waals surface area contributed by atoms with E-state index in [2.05, 4.69) is 5.10 Å². The van der Waals surface area contributed by atoms with E-state index in [1.54, 1.807) is 10.9 Å². The normalized spacial score (nSPS) is 12.7. The second-order valence-corrected chi connectivity index (χ2v) is 3.85. The number of aromatic nitrogens is 2. The Balaban J connectivity index is 2.32. The van der Waals surface area contributed by atoms with Crippen LogP contribution < -0.4 is 5.73 Å². The fraction of sp³-hybridized carbons (Fsp3) is 0.182. The van der Waals surface area contributed by atoms with E-state index in [0.717, 1.165) is 16.3 Å². The van der Waals surface area contributed by atoms with Crippen molar-refractivity contribution in [3.05, 3.63) is 52.8 Å². The van der Waals surface area contributed by atoms with E-state index in [0.29, 0.717) is 0 Å². The highest BCUT2D eigenvalue weighted by Crippen LogP contribution is 2.20. The van der Waals surface area contributed by atoms with Crippen molar-refractivity contribution in [1.82, 2.24) is 9.78 Å². The fourth-order valence-electron chi connectivity index (χ4n) is 1.53. The van der Waals surface area contributed by atoms with Crippen LogP contribution in [0.4, 0.5) is 0 Å². The average Bonchev–Trinajstić information content (AvgIpc) is 2.65. The van der Waals surface area contributed by atoms with E-state index >= 15 is 0 Å². The van der Waals surface area contributed by atoms with Gasteiger partial charge in [-0.15, -0.1) is 0 Å². The maximum Gasteiger partial charge on any atom is 0.0723 e. The Morgan fingerprint density at radius 2 is 1.93 bits per heavy atom. The predicted molar refractivity (Wildman–Crippen MR) is 60.7 cm³/mol. The van der Waals surface area contributed by atoms with Crippen molar-refractivity contribution in [2.45, 2.75) is 6.04 Å². The molecule has 0 saturated carbocycles. The van der Waals surface area contributed by atoms with Gasteiger partial charge in [0.05, 0.1) is 11.7 Å². The topological polar surface area (TPSA) is 43.8 Å². The van der Waals surface area contributed by atoms with E-state index in [9.17, 15) is 0 Å². The van der Waals surface area contributed by atoms with E-state index in [1.165, 1.54) is 0 Å². The summed E-state index contributed by atoms with van der Waals surface area (Å²) in [6, 6.07) is 9.30. The van der Waals surface area contributed by atoms with Crippen LogP contribution in [0.2, 0.25) is 5.02 Å². The summed E-state index contributed by atoms with van der Waals surface area (Å²) in [5.41, 5.74) is 8.12. The van der Waals surface area contributed by atoms with Crippen LogP contribution in [0.1, 0.15) is 17.3 Å². The molecule has 2 N–H and O–H groups in total. The first-order valence-corrected chi connectivity index (χ1v) is 5.05. The van der Waals surface area contributed by atoms with Gasteiger partial charge in [0.15, 0.2) is 0 Å². The van der Waals surface area contributed by atoms with Crippen molar-refractivity contribution in [2.75, 3.05) is 0 Å². The number of nitrogens with two attached hydrogens (primary N) is 1. The standard InChI is InChI=1S/C11H12ClN3/c1-15-10(6-7-14-15)11(13)8-2-4-9(12)5-3-8/h2-7,11H,13H2,1H3. The van der Waals surface area contributed by atoms with Crippen molar-refractivity contribution in [2.24, 2.45) is 12.8 Å². The minimum absolute atomic E-state index is 0.158. The van der Waals surface area contributed by atoms with Crippen molar-refractivity contribution in [3.63, 3.8) is 0 Å². The summed E-state index contributed by atoms with van der Waals surface area (Å²) in [7, 11) is 1.88. The van der Waals surface area contributed by atoms with Crippen LogP contribution >= 0.6 is 11.6 Å². The van der Waals surface area contributed by atoms with Crippen molar-refractivity contribution >= 4 is 11.6 Å². The summed E-state index contributed by atoms with van der Waals surface area (Å²) < 4.78 is 1.78. The monoisotopic (exact) mass is 221 g/mol. The zero-order valence-electron chi connectivity index (χ0n) is 8.39. The molecule has 0 amide bonds. The first kappa shape index (κ1) is 10.2. The molecule has 0 bridgehead atoms. The Hall–Kier alpha value is -1.32. The molecule has 2 rings (SSSR count). The highest BCUT2D eigenvalue weighted by atomic mass is 35.5. The smallest absolute Gasteiger partial charge is 0.0723 e. The third-order valence-electron chi connectivity index (χ3n) is 2.41. The molecule has 1 heterocycles. The number of rotatable bonds is 2. The molecular weight excluding hydrogens is 210 g/mol. The van der Waals surface area contributed by atoms with Crippen LogP contribution in [0.15, 0.2) is 36.5 Å². The van der Waals surface area contributed by atoms with Crippen LogP contribution in [0, 0.1) is 0 Å². The Labute approximate surface area is 93.5 Å². The Kier molecular flexibility index (Phi) is 2.75. The van der Waals surface area contributed by atoms with E-state index in [1.807, 2.05) is 37.4 Å². The predicted octanol–water partition coefficient (Wildman–Crippen LogP) is 2.12. The molecule has 78 valence electrons. The second kappa shape index (κ2) is 4.04. The summed E-state index contributed by atoms with van der Waals surface area (Å²) in [6.45, 7) is 0. The summed E-state index contributed by atoms with van der Waals surface area (Å²) in [5, 5.41) is 4.81. The summed E-state index contributed by atoms with van der Waals surface area (Å²) in [4.78, 5) is 0. The first-order valence-electron chi connectivity index (χ1n) is 4.67. The highest BCUT2D eigenvalue weighted by Gasteiger charge is 2.11. The first-order chi connectivity index (χ1) is 7.18. The molecule has 0 saturated heterocycles. The maximum atomic E-state index is 6.11. The molecule has 0 fully saturated rings. The fourth-order valence-corrected chi connectivity index (χ4v) is 1.66. The van der Waals surface area contributed by atoms with Crippen LogP contribution in [-0.2, 0) is 7.05 Å². The lowest BCUT2D eigenvalue weighted by Crippen LogP contribution is -2.15. The zero-order valence-corrected chi connectivity index (χ0v) is 9.15. The van der Waals surface area contributed by atoms with E-state index in [-0.39, 0.29) is 6.04 Å². The lowest BCUT2D eigenvalue weighted by Gasteiger charge is -2.12. The van der Waals surface area contributed by atoms with Gasteiger partial charge in [-0.05, 0) is 23.8 Å². The number of aryl methyl sites for hydroxylation is 1. The molecular formula is C11H12ClN3. The second-order valence-electron chi connectivity index (χ2n) is 3.41. The van der Waals surface area contributed by atoms with Crippen LogP contribution in [0.3, 0.4) is 0 Å². The summed E-state index contributed by atoms with van der Waals surface area (Å²) in [5.74, 6) is 0. The molecule has 0 aliphatic heterocycles. The Morgan fingerprint density at radius 1 is 1.27 bits per heavy atom. The van der Waals surface area contributed by atoms with Gasteiger partial charge in [-0.1, -0.05) is 23.7 Å². The summed E-state index contributed by atoms with van der Waals surface area (Å²) in [6.07, 6.45) is 1.74. The number of hydrogen-bond acceptors (Lipinski definition) is 2. The highest BCUT2D eigenvalue weighted by molar-refractivity contribution is 6.30. The lowest BCUT2D eigenvalue weighted by molar-refractivity contribution is 0.673. The lowest BCUT2D eigenvalue weighted by atomic mass is 10.1. The molecule has 15 heavy (non-hydrogen) atoms. The largest absolute Gasteiger partial charge is 0.319 e. The van der Waals surface area contributed by atoms with Gasteiger partial charge in [-0.25, -0.2) is 0 Å². The maximum absolute atomic E-state index is 6.11. The van der Waals surface area contributed by atoms with Gasteiger partial charge in [0.1, 0.15) is 0 Å². The summed E-state index contributed by atoms with van der Waals surface area (Å²) >= 11 is 5.81. The molecule has 4 heteroatoms. The number of nitrogens with zero attached hydrogens (tertiary/aromatic N) is 2. The molecule has 0 radical (unpaired) electrons. The van der Waals surface area contributed by atoms with Gasteiger partial charge >= 0.3 is 0 Å². The Morgan fingerprint density at radius 3 is 2.47 bits per heavy atom. The van der Waals surface area contributed by atoms with Gasteiger partial charge in [0.2, 0.25) is 0 Å². The third kappa shape index (κ3) is 2.03. The number of halogens is 1. The molecule has 1 aromatic heterocycles. The average molecular weight is 222 g/mol. The van der Waals surface area contributed by atoms with E-state index < -0.39 is 0 Å². The van der Waals surface area contributed by atoms with Gasteiger partial charge in [0.25, 0.3) is 0 Å². The van der Waals surface area contributed by atoms with Gasteiger partial charge in [-0.2, -0.15) is 5.10 Å². The quantitative estimate of drug-likeness (QED) is 0.844. The molecule has 0 aliphatic rings. The molecule has 1 atom stereocenters. The van der Waals surface area contributed by atoms with Gasteiger partial charge in [-0.3, -0.25) is 4.68 Å². The molecule has 2 aromatic rings. The SMILES string of the molecule is Cn1nccc1C(N)c1ccc(Cl)cc1. The minimum atomic E-state index is -0.158. The molecule has 0 aliphatic carbocycles. The molecule has 3 nitrogen and oxygen atoms in total. The third-order valence-corrected chi connectivity index (χ3v) is 2.66. The van der Waals surface area contributed by atoms with Gasteiger partial charge < -0.3 is 5.73 Å².